The van der Waals surface area contributed by atoms with Crippen LogP contribution in [0.5, 0.6) is 0 Å². The van der Waals surface area contributed by atoms with Crippen LogP contribution in [-0.2, 0) is 11.2 Å². The number of hydrogen-bond acceptors (Lipinski definition) is 1. The van der Waals surface area contributed by atoms with Crippen molar-refractivity contribution < 1.29 is 9.18 Å². The molecule has 0 aliphatic heterocycles. The van der Waals surface area contributed by atoms with E-state index < -0.39 is 0 Å². The van der Waals surface area contributed by atoms with E-state index in [1.165, 1.54) is 6.07 Å². The third kappa shape index (κ3) is 1.87. The van der Waals surface area contributed by atoms with Gasteiger partial charge in [0.25, 0.3) is 0 Å². The zero-order chi connectivity index (χ0) is 10.8. The van der Waals surface area contributed by atoms with E-state index in [-0.39, 0.29) is 17.6 Å². The topological polar surface area (TPSA) is 29.1 Å². The van der Waals surface area contributed by atoms with Gasteiger partial charge in [-0.3, -0.25) is 4.79 Å². The molecule has 0 saturated heterocycles. The number of carbonyl (C=O) groups is 1. The molecule has 0 fully saturated rings. The quantitative estimate of drug-likeness (QED) is 0.789. The Morgan fingerprint density at radius 1 is 1.60 bits per heavy atom. The Kier molecular flexibility index (Phi) is 2.71. The van der Waals surface area contributed by atoms with Gasteiger partial charge in [-0.15, -0.1) is 0 Å². The second-order valence-corrected chi connectivity index (χ2v) is 3.92. The maximum Gasteiger partial charge on any atom is 0.220 e. The van der Waals surface area contributed by atoms with E-state index in [2.05, 4.69) is 5.32 Å². The third-order valence-electron chi connectivity index (χ3n) is 3.05. The fourth-order valence-corrected chi connectivity index (χ4v) is 2.23. The predicted octanol–water partition coefficient (Wildman–Crippen LogP) is 1.99. The van der Waals surface area contributed by atoms with Gasteiger partial charge in [-0.1, -0.05) is 12.1 Å². The number of amides is 1. The number of benzene rings is 1. The van der Waals surface area contributed by atoms with Crippen molar-refractivity contribution in [3.8, 4) is 0 Å². The standard InChI is InChI=1S/C12H14FNO/c1-14-12(15)7-8-5-6-10-9(8)3-2-4-11(10)13/h2-4,8H,5-7H2,1H3,(H,14,15). The molecule has 1 aliphatic rings. The minimum absolute atomic E-state index is 0.0251. The van der Waals surface area contributed by atoms with E-state index in [9.17, 15) is 9.18 Å². The largest absolute Gasteiger partial charge is 0.359 e. The van der Waals surface area contributed by atoms with Gasteiger partial charge in [0, 0.05) is 13.5 Å². The Bertz CT molecular complexity index is 389. The van der Waals surface area contributed by atoms with Gasteiger partial charge in [-0.2, -0.15) is 0 Å². The van der Waals surface area contributed by atoms with Crippen LogP contribution in [0, 0.1) is 5.82 Å². The van der Waals surface area contributed by atoms with Gasteiger partial charge in [0.1, 0.15) is 5.82 Å². The lowest BCUT2D eigenvalue weighted by atomic mass is 9.97. The molecule has 1 unspecified atom stereocenters. The highest BCUT2D eigenvalue weighted by molar-refractivity contribution is 5.76. The molecule has 3 heteroatoms. The lowest BCUT2D eigenvalue weighted by molar-refractivity contribution is -0.121. The Morgan fingerprint density at radius 3 is 3.13 bits per heavy atom. The summed E-state index contributed by atoms with van der Waals surface area (Å²) in [5, 5.41) is 2.60. The fourth-order valence-electron chi connectivity index (χ4n) is 2.23. The van der Waals surface area contributed by atoms with Gasteiger partial charge in [0.2, 0.25) is 5.91 Å². The van der Waals surface area contributed by atoms with Crippen molar-refractivity contribution in [3.05, 3.63) is 35.1 Å². The first-order valence-electron chi connectivity index (χ1n) is 5.20. The van der Waals surface area contributed by atoms with E-state index in [4.69, 9.17) is 0 Å². The van der Waals surface area contributed by atoms with Gasteiger partial charge < -0.3 is 5.32 Å². The average molecular weight is 207 g/mol. The monoisotopic (exact) mass is 207 g/mol. The first kappa shape index (κ1) is 10.1. The van der Waals surface area contributed by atoms with E-state index in [0.717, 1.165) is 24.0 Å². The highest BCUT2D eigenvalue weighted by Crippen LogP contribution is 2.36. The summed E-state index contributed by atoms with van der Waals surface area (Å²) >= 11 is 0. The molecule has 0 aromatic heterocycles. The van der Waals surface area contributed by atoms with Crippen LogP contribution in [0.1, 0.15) is 29.9 Å². The highest BCUT2D eigenvalue weighted by Gasteiger charge is 2.26. The minimum Gasteiger partial charge on any atom is -0.359 e. The second-order valence-electron chi connectivity index (χ2n) is 3.92. The Balaban J connectivity index is 2.21. The smallest absolute Gasteiger partial charge is 0.220 e. The molecule has 2 nitrogen and oxygen atoms in total. The summed E-state index contributed by atoms with van der Waals surface area (Å²) in [6.45, 7) is 0. The third-order valence-corrected chi connectivity index (χ3v) is 3.05. The molecule has 1 aromatic rings. The molecule has 1 amide bonds. The van der Waals surface area contributed by atoms with Crippen molar-refractivity contribution in [1.29, 1.82) is 0 Å². The van der Waals surface area contributed by atoms with Crippen molar-refractivity contribution in [3.63, 3.8) is 0 Å². The molecule has 2 rings (SSSR count). The summed E-state index contributed by atoms with van der Waals surface area (Å²) in [4.78, 5) is 11.3. The SMILES string of the molecule is CNC(=O)CC1CCc2c(F)cccc21. The molecule has 1 aromatic carbocycles. The lowest BCUT2D eigenvalue weighted by Gasteiger charge is -2.10. The summed E-state index contributed by atoms with van der Waals surface area (Å²) in [7, 11) is 1.63. The van der Waals surface area contributed by atoms with Crippen LogP contribution in [0.25, 0.3) is 0 Å². The number of nitrogens with one attached hydrogen (secondary N) is 1. The maximum absolute atomic E-state index is 13.4. The number of fused-ring (bicyclic) bond motifs is 1. The van der Waals surface area contributed by atoms with Crippen molar-refractivity contribution in [2.75, 3.05) is 7.05 Å². The molecule has 0 radical (unpaired) electrons. The van der Waals surface area contributed by atoms with E-state index >= 15 is 0 Å². The summed E-state index contributed by atoms with van der Waals surface area (Å²) in [5.74, 6) is 0.0830. The first-order chi connectivity index (χ1) is 7.22. The molecule has 0 bridgehead atoms. The lowest BCUT2D eigenvalue weighted by Crippen LogP contribution is -2.19. The Hall–Kier alpha value is -1.38. The number of hydrogen-bond donors (Lipinski definition) is 1. The summed E-state index contributed by atoms with van der Waals surface area (Å²) in [6.07, 6.45) is 2.10. The molecule has 0 spiro atoms. The van der Waals surface area contributed by atoms with Crippen molar-refractivity contribution >= 4 is 5.91 Å². The van der Waals surface area contributed by atoms with Crippen LogP contribution < -0.4 is 5.32 Å². The van der Waals surface area contributed by atoms with Crippen molar-refractivity contribution in [1.82, 2.24) is 5.32 Å². The number of rotatable bonds is 2. The van der Waals surface area contributed by atoms with Crippen LogP contribution in [-0.4, -0.2) is 13.0 Å². The van der Waals surface area contributed by atoms with Crippen LogP contribution in [0.3, 0.4) is 0 Å². The van der Waals surface area contributed by atoms with Gasteiger partial charge in [0.15, 0.2) is 0 Å². The molecule has 1 N–H and O–H groups in total. The van der Waals surface area contributed by atoms with E-state index in [1.54, 1.807) is 13.1 Å². The summed E-state index contributed by atoms with van der Waals surface area (Å²) in [6, 6.07) is 5.14. The zero-order valence-corrected chi connectivity index (χ0v) is 8.72. The van der Waals surface area contributed by atoms with E-state index in [0.29, 0.717) is 6.42 Å². The molecule has 15 heavy (non-hydrogen) atoms. The normalized spacial score (nSPS) is 18.7. The van der Waals surface area contributed by atoms with Gasteiger partial charge in [-0.05, 0) is 36.0 Å². The Morgan fingerprint density at radius 2 is 2.40 bits per heavy atom. The van der Waals surface area contributed by atoms with Gasteiger partial charge in [-0.25, -0.2) is 4.39 Å². The van der Waals surface area contributed by atoms with Crippen molar-refractivity contribution in [2.24, 2.45) is 0 Å². The first-order valence-corrected chi connectivity index (χ1v) is 5.20. The highest BCUT2D eigenvalue weighted by atomic mass is 19.1. The molecule has 80 valence electrons. The molecule has 1 atom stereocenters. The molecular formula is C12H14FNO. The van der Waals surface area contributed by atoms with Gasteiger partial charge >= 0.3 is 0 Å². The number of halogens is 1. The van der Waals surface area contributed by atoms with Crippen LogP contribution in [0.15, 0.2) is 18.2 Å². The molecule has 0 heterocycles. The van der Waals surface area contributed by atoms with Crippen LogP contribution in [0.2, 0.25) is 0 Å². The molecular weight excluding hydrogens is 193 g/mol. The molecule has 1 aliphatic carbocycles. The van der Waals surface area contributed by atoms with Gasteiger partial charge in [0.05, 0.1) is 0 Å². The molecule has 0 saturated carbocycles. The number of carbonyl (C=O) groups excluding carboxylic acids is 1. The van der Waals surface area contributed by atoms with Crippen LogP contribution >= 0.6 is 0 Å². The zero-order valence-electron chi connectivity index (χ0n) is 8.72. The summed E-state index contributed by atoms with van der Waals surface area (Å²) < 4.78 is 13.4. The maximum atomic E-state index is 13.4. The second kappa shape index (κ2) is 4.01. The average Bonchev–Trinajstić information content (AvgIpc) is 2.63. The summed E-state index contributed by atoms with van der Waals surface area (Å²) in [5.41, 5.74) is 1.81. The van der Waals surface area contributed by atoms with Crippen LogP contribution in [0.4, 0.5) is 4.39 Å². The predicted molar refractivity (Wildman–Crippen MR) is 56.1 cm³/mol. The minimum atomic E-state index is -0.132. The van der Waals surface area contributed by atoms with E-state index in [1.807, 2.05) is 6.07 Å². The van der Waals surface area contributed by atoms with Crippen molar-refractivity contribution in [2.45, 2.75) is 25.2 Å². The Labute approximate surface area is 88.5 Å². The fraction of sp³-hybridized carbons (Fsp3) is 0.417.